The third-order valence-electron chi connectivity index (χ3n) is 9.36. The highest BCUT2D eigenvalue weighted by Crippen LogP contribution is 2.38. The zero-order valence-corrected chi connectivity index (χ0v) is 26.8. The van der Waals surface area contributed by atoms with Crippen LogP contribution in [-0.2, 0) is 6.54 Å². The number of para-hydroxylation sites is 1. The average Bonchev–Trinajstić information content (AvgIpc) is 3.09. The Morgan fingerprint density at radius 1 is 0.826 bits per heavy atom. The number of nitrogens with zero attached hydrogens (tertiary/aromatic N) is 6. The van der Waals surface area contributed by atoms with Gasteiger partial charge in [0, 0.05) is 62.8 Å². The number of amides is 2. The van der Waals surface area contributed by atoms with Crippen molar-refractivity contribution in [3.63, 3.8) is 0 Å². The molecule has 9 nitrogen and oxygen atoms in total. The number of hydrogen-bond acceptors (Lipinski definition) is 7. The minimum atomic E-state index is -0.137. The minimum Gasteiger partial charge on any atom is -0.492 e. The number of anilines is 1. The lowest BCUT2D eigenvalue weighted by atomic mass is 9.75. The van der Waals surface area contributed by atoms with Gasteiger partial charge in [-0.05, 0) is 75.4 Å². The molecule has 6 rings (SSSR count). The van der Waals surface area contributed by atoms with Crippen molar-refractivity contribution in [3.05, 3.63) is 113 Å². The van der Waals surface area contributed by atoms with E-state index in [4.69, 9.17) is 9.72 Å². The standard InChI is InChI=1S/C37H42N6O3/c1-28-31(13-8-19-38-28)35(44)42-22-17-37(18-23-42)16-9-21-41(34-15-20-39-29(2)40-34)24-25-43(26-30-10-4-3-5-11-30)36(45)32-12-6-7-14-33(32)46-27-37/h3-8,10-15,19-20H,9,16-18,21-27H2,1-2H3. The van der Waals surface area contributed by atoms with E-state index < -0.39 is 0 Å². The number of aryl methyl sites for hydroxylation is 2. The van der Waals surface area contributed by atoms with Crippen LogP contribution in [0.1, 0.15) is 63.5 Å². The number of benzene rings is 2. The summed E-state index contributed by atoms with van der Waals surface area (Å²) in [6.45, 7) is 8.02. The quantitative estimate of drug-likeness (QED) is 0.288. The third kappa shape index (κ3) is 7.19. The van der Waals surface area contributed by atoms with Crippen LogP contribution < -0.4 is 9.64 Å². The number of piperidine rings is 1. The summed E-state index contributed by atoms with van der Waals surface area (Å²) in [6.07, 6.45) is 7.02. The van der Waals surface area contributed by atoms with Crippen LogP contribution in [0.25, 0.3) is 0 Å². The number of ether oxygens (including phenoxy) is 1. The molecule has 4 heterocycles. The van der Waals surface area contributed by atoms with Crippen molar-refractivity contribution in [2.45, 2.75) is 46.1 Å². The van der Waals surface area contributed by atoms with Crippen LogP contribution in [0.2, 0.25) is 0 Å². The van der Waals surface area contributed by atoms with E-state index in [0.717, 1.165) is 55.1 Å². The Labute approximate surface area is 271 Å². The number of hydrogen-bond donors (Lipinski definition) is 0. The van der Waals surface area contributed by atoms with E-state index in [9.17, 15) is 9.59 Å². The van der Waals surface area contributed by atoms with Gasteiger partial charge < -0.3 is 19.4 Å². The van der Waals surface area contributed by atoms with Gasteiger partial charge >= 0.3 is 0 Å². The van der Waals surface area contributed by atoms with Crippen molar-refractivity contribution < 1.29 is 14.3 Å². The summed E-state index contributed by atoms with van der Waals surface area (Å²) >= 11 is 0. The van der Waals surface area contributed by atoms with Gasteiger partial charge in [0.05, 0.1) is 17.7 Å². The van der Waals surface area contributed by atoms with Crippen molar-refractivity contribution in [2.24, 2.45) is 5.41 Å². The molecule has 0 saturated carbocycles. The van der Waals surface area contributed by atoms with Gasteiger partial charge in [-0.2, -0.15) is 0 Å². The van der Waals surface area contributed by atoms with E-state index in [-0.39, 0.29) is 17.2 Å². The second kappa shape index (κ2) is 14.1. The predicted octanol–water partition coefficient (Wildman–Crippen LogP) is 5.73. The van der Waals surface area contributed by atoms with Crippen molar-refractivity contribution in [1.29, 1.82) is 0 Å². The SMILES string of the molecule is Cc1nccc(N2CCCC3(CCN(C(=O)c4cccnc4C)CC3)COc3ccccc3C(=O)N(Cc3ccccc3)CC2)n1. The smallest absolute Gasteiger partial charge is 0.257 e. The van der Waals surface area contributed by atoms with Gasteiger partial charge in [0.1, 0.15) is 17.4 Å². The van der Waals surface area contributed by atoms with E-state index in [2.05, 4.69) is 27.0 Å². The van der Waals surface area contributed by atoms with E-state index in [1.807, 2.05) is 84.3 Å². The van der Waals surface area contributed by atoms with Crippen LogP contribution in [-0.4, -0.2) is 75.9 Å². The molecule has 1 spiro atoms. The van der Waals surface area contributed by atoms with Crippen LogP contribution in [0.3, 0.4) is 0 Å². The number of carbonyl (C=O) groups excluding carboxylic acids is 2. The molecular formula is C37H42N6O3. The molecule has 46 heavy (non-hydrogen) atoms. The maximum atomic E-state index is 14.2. The molecule has 0 unspecified atom stereocenters. The van der Waals surface area contributed by atoms with E-state index in [1.54, 1.807) is 12.4 Å². The molecule has 0 atom stereocenters. The minimum absolute atomic E-state index is 0.0331. The van der Waals surface area contributed by atoms with E-state index in [0.29, 0.717) is 56.2 Å². The number of fused-ring (bicyclic) bond motifs is 1. The van der Waals surface area contributed by atoms with Crippen LogP contribution >= 0.6 is 0 Å². The van der Waals surface area contributed by atoms with Gasteiger partial charge in [-0.3, -0.25) is 14.6 Å². The first-order valence-electron chi connectivity index (χ1n) is 16.2. The van der Waals surface area contributed by atoms with Crippen molar-refractivity contribution in [1.82, 2.24) is 24.8 Å². The van der Waals surface area contributed by atoms with Gasteiger partial charge in [-0.25, -0.2) is 9.97 Å². The first kappa shape index (κ1) is 31.2. The molecule has 2 aliphatic rings. The molecule has 2 aromatic carbocycles. The molecule has 0 radical (unpaired) electrons. The zero-order chi connectivity index (χ0) is 31.9. The molecule has 0 N–H and O–H groups in total. The third-order valence-corrected chi connectivity index (χ3v) is 9.36. The maximum Gasteiger partial charge on any atom is 0.257 e. The molecule has 0 bridgehead atoms. The average molecular weight is 619 g/mol. The lowest BCUT2D eigenvalue weighted by Gasteiger charge is -2.42. The highest BCUT2D eigenvalue weighted by Gasteiger charge is 2.38. The van der Waals surface area contributed by atoms with Crippen LogP contribution in [0, 0.1) is 19.3 Å². The van der Waals surface area contributed by atoms with Gasteiger partial charge in [-0.1, -0.05) is 42.5 Å². The Morgan fingerprint density at radius 3 is 2.39 bits per heavy atom. The summed E-state index contributed by atoms with van der Waals surface area (Å²) < 4.78 is 6.59. The number of aromatic nitrogens is 3. The number of pyridine rings is 1. The second-order valence-electron chi connectivity index (χ2n) is 12.5. The number of rotatable bonds is 4. The molecule has 9 heteroatoms. The molecular weight excluding hydrogens is 576 g/mol. The zero-order valence-electron chi connectivity index (χ0n) is 26.8. The van der Waals surface area contributed by atoms with Gasteiger partial charge in [0.15, 0.2) is 0 Å². The van der Waals surface area contributed by atoms with Crippen LogP contribution in [0.5, 0.6) is 5.75 Å². The fraction of sp³-hybridized carbons (Fsp3) is 0.378. The molecule has 0 aliphatic carbocycles. The predicted molar refractivity (Wildman–Crippen MR) is 178 cm³/mol. The maximum absolute atomic E-state index is 14.2. The Bertz CT molecular complexity index is 1650. The number of likely N-dealkylation sites (tertiary alicyclic amines) is 1. The number of carbonyl (C=O) groups is 2. The highest BCUT2D eigenvalue weighted by molar-refractivity contribution is 5.97. The van der Waals surface area contributed by atoms with Gasteiger partial charge in [0.2, 0.25) is 0 Å². The van der Waals surface area contributed by atoms with Crippen molar-refractivity contribution in [2.75, 3.05) is 44.2 Å². The largest absolute Gasteiger partial charge is 0.492 e. The summed E-state index contributed by atoms with van der Waals surface area (Å²) in [5, 5.41) is 0. The van der Waals surface area contributed by atoms with Crippen molar-refractivity contribution in [3.8, 4) is 5.75 Å². The van der Waals surface area contributed by atoms with Gasteiger partial charge in [0.25, 0.3) is 11.8 Å². The summed E-state index contributed by atoms with van der Waals surface area (Å²) in [4.78, 5) is 47.2. The topological polar surface area (TPSA) is 91.8 Å². The summed E-state index contributed by atoms with van der Waals surface area (Å²) in [7, 11) is 0. The van der Waals surface area contributed by atoms with Gasteiger partial charge in [-0.15, -0.1) is 0 Å². The summed E-state index contributed by atoms with van der Waals surface area (Å²) in [6, 6.07) is 23.3. The van der Waals surface area contributed by atoms with Crippen LogP contribution in [0.15, 0.2) is 85.2 Å². The van der Waals surface area contributed by atoms with Crippen LogP contribution in [0.4, 0.5) is 5.82 Å². The normalized spacial score (nSPS) is 17.3. The fourth-order valence-corrected chi connectivity index (χ4v) is 6.60. The Hall–Kier alpha value is -4.79. The molecule has 4 aromatic rings. The Kier molecular flexibility index (Phi) is 9.57. The summed E-state index contributed by atoms with van der Waals surface area (Å²) in [5.41, 5.74) is 2.91. The molecule has 2 aromatic heterocycles. The van der Waals surface area contributed by atoms with Crippen molar-refractivity contribution >= 4 is 17.6 Å². The Morgan fingerprint density at radius 2 is 1.61 bits per heavy atom. The second-order valence-corrected chi connectivity index (χ2v) is 12.5. The van der Waals surface area contributed by atoms with E-state index in [1.165, 1.54) is 0 Å². The fourth-order valence-electron chi connectivity index (χ4n) is 6.60. The highest BCUT2D eigenvalue weighted by atomic mass is 16.5. The molecule has 1 fully saturated rings. The Balaban J connectivity index is 1.28. The first-order chi connectivity index (χ1) is 22.4. The van der Waals surface area contributed by atoms with E-state index >= 15 is 0 Å². The summed E-state index contributed by atoms with van der Waals surface area (Å²) in [5.74, 6) is 2.17. The lowest BCUT2D eigenvalue weighted by Crippen LogP contribution is -2.46. The lowest BCUT2D eigenvalue weighted by molar-refractivity contribution is 0.0363. The molecule has 1 saturated heterocycles. The first-order valence-corrected chi connectivity index (χ1v) is 16.2. The molecule has 2 amide bonds. The molecule has 2 aliphatic heterocycles. The molecule has 238 valence electrons. The monoisotopic (exact) mass is 618 g/mol.